The van der Waals surface area contributed by atoms with Crippen molar-refractivity contribution in [2.45, 2.75) is 38.3 Å². The summed E-state index contributed by atoms with van der Waals surface area (Å²) in [6, 6.07) is 2.15. The number of carbonyl (C=O) groups excluding carboxylic acids is 2. The minimum Gasteiger partial charge on any atom is -0.387 e. The van der Waals surface area contributed by atoms with E-state index in [2.05, 4.69) is 23.1 Å². The average molecular weight is 350 g/mol. The highest BCUT2D eigenvalue weighted by Crippen LogP contribution is 2.41. The van der Waals surface area contributed by atoms with Crippen molar-refractivity contribution >= 4 is 29.8 Å². The van der Waals surface area contributed by atoms with Gasteiger partial charge in [-0.1, -0.05) is 19.1 Å². The fraction of sp³-hybridized carbons (Fsp3) is 0.350. The Labute approximate surface area is 149 Å². The fourth-order valence-electron chi connectivity index (χ4n) is 4.17. The lowest BCUT2D eigenvalue weighted by Gasteiger charge is -2.36. The van der Waals surface area contributed by atoms with Gasteiger partial charge in [-0.2, -0.15) is 0 Å². The number of aliphatic hydroxyl groups is 1. The molecule has 1 atom stereocenters. The van der Waals surface area contributed by atoms with Crippen LogP contribution in [0.3, 0.4) is 0 Å². The van der Waals surface area contributed by atoms with Gasteiger partial charge >= 0.3 is 11.9 Å². The molecule has 6 nitrogen and oxygen atoms in total. The van der Waals surface area contributed by atoms with Gasteiger partial charge < -0.3 is 14.7 Å². The summed E-state index contributed by atoms with van der Waals surface area (Å²) in [6.07, 6.45) is 8.23. The molecule has 4 heterocycles. The molecule has 4 aliphatic rings. The maximum Gasteiger partial charge on any atom is 0.350 e. The number of hydrogen-bond acceptors (Lipinski definition) is 6. The highest BCUT2D eigenvalue weighted by molar-refractivity contribution is 6.07. The number of aromatic nitrogens is 1. The number of fused-ring (bicyclic) bond motifs is 4. The Balaban J connectivity index is 1.71. The van der Waals surface area contributed by atoms with E-state index in [1.165, 1.54) is 0 Å². The van der Waals surface area contributed by atoms with Gasteiger partial charge in [0.15, 0.2) is 5.60 Å². The quantitative estimate of drug-likeness (QED) is 0.573. The second-order valence-electron chi connectivity index (χ2n) is 7.12. The molecule has 6 heteroatoms. The first kappa shape index (κ1) is 15.5. The second-order valence-corrected chi connectivity index (χ2v) is 7.12. The van der Waals surface area contributed by atoms with Gasteiger partial charge in [0.05, 0.1) is 28.9 Å². The minimum atomic E-state index is -1.78. The molecule has 0 radical (unpaired) electrons. The second kappa shape index (κ2) is 5.14. The van der Waals surface area contributed by atoms with Gasteiger partial charge in [0, 0.05) is 12.1 Å². The van der Waals surface area contributed by atoms with Crippen LogP contribution in [0, 0.1) is 0 Å². The summed E-state index contributed by atoms with van der Waals surface area (Å²) in [5.41, 5.74) is 1.76. The summed E-state index contributed by atoms with van der Waals surface area (Å²) >= 11 is 0. The van der Waals surface area contributed by atoms with E-state index in [4.69, 9.17) is 9.72 Å². The van der Waals surface area contributed by atoms with Crippen LogP contribution in [-0.4, -0.2) is 39.1 Å². The summed E-state index contributed by atoms with van der Waals surface area (Å²) in [4.78, 5) is 31.2. The first-order valence-corrected chi connectivity index (χ1v) is 8.91. The number of carbonyl (C=O) groups is 2. The Morgan fingerprint density at radius 1 is 1.27 bits per heavy atom. The molecule has 0 amide bonds. The molecule has 0 saturated heterocycles. The van der Waals surface area contributed by atoms with E-state index >= 15 is 0 Å². The summed E-state index contributed by atoms with van der Waals surface area (Å²) in [5.74, 6) is -1.56. The molecule has 132 valence electrons. The molecule has 0 aromatic carbocycles. The Morgan fingerprint density at radius 3 is 2.88 bits per heavy atom. The van der Waals surface area contributed by atoms with E-state index in [-0.39, 0.29) is 6.42 Å². The molecule has 0 saturated carbocycles. The maximum atomic E-state index is 12.2. The lowest BCUT2D eigenvalue weighted by atomic mass is 9.83. The van der Waals surface area contributed by atoms with Gasteiger partial charge in [-0.3, -0.25) is 0 Å². The number of rotatable bonds is 1. The van der Waals surface area contributed by atoms with Crippen LogP contribution in [0.2, 0.25) is 0 Å². The lowest BCUT2D eigenvalue weighted by Crippen LogP contribution is -2.49. The molecule has 0 bridgehead atoms. The lowest BCUT2D eigenvalue weighted by molar-refractivity contribution is -0.172. The highest BCUT2D eigenvalue weighted by Gasteiger charge is 2.49. The predicted molar refractivity (Wildman–Crippen MR) is 93.4 cm³/mol. The SMILES string of the molecule is CC[C@@]1(O)C(=O)OC(=O)C2=C1C=C1c3nc4c(cc3CN1C2)=CCCC=4. The fourth-order valence-corrected chi connectivity index (χ4v) is 4.17. The molecule has 26 heavy (non-hydrogen) atoms. The third-order valence-electron chi connectivity index (χ3n) is 5.66. The number of cyclic esters (lactones) is 2. The van der Waals surface area contributed by atoms with Gasteiger partial charge in [0.1, 0.15) is 0 Å². The van der Waals surface area contributed by atoms with Crippen molar-refractivity contribution in [2.24, 2.45) is 0 Å². The highest BCUT2D eigenvalue weighted by atomic mass is 16.6. The van der Waals surface area contributed by atoms with E-state index in [0.717, 1.165) is 40.4 Å². The van der Waals surface area contributed by atoms with Crippen LogP contribution in [0.5, 0.6) is 0 Å². The number of pyridine rings is 1. The Hall–Kier alpha value is -2.73. The van der Waals surface area contributed by atoms with Crippen LogP contribution in [0.25, 0.3) is 17.8 Å². The summed E-state index contributed by atoms with van der Waals surface area (Å²) in [6.45, 7) is 2.66. The van der Waals surface area contributed by atoms with Gasteiger partial charge in [0.25, 0.3) is 0 Å². The predicted octanol–water partition coefficient (Wildman–Crippen LogP) is 0.128. The van der Waals surface area contributed by atoms with Crippen LogP contribution in [0.4, 0.5) is 0 Å². The van der Waals surface area contributed by atoms with Crippen molar-refractivity contribution in [1.82, 2.24) is 9.88 Å². The van der Waals surface area contributed by atoms with E-state index < -0.39 is 17.5 Å². The standard InChI is InChI=1S/C20H18N2O4/c1-2-20(25)14-8-16-17-12(7-11-5-3-4-6-15(11)21-17)9-22(16)10-13(14)18(23)26-19(20)24/h5-8,25H,2-4,9-10H2,1H3/t20-/m0/s1. The Bertz CT molecular complexity index is 1070. The molecule has 3 aliphatic heterocycles. The van der Waals surface area contributed by atoms with E-state index in [9.17, 15) is 14.7 Å². The first-order valence-electron chi connectivity index (χ1n) is 8.91. The molecule has 0 spiro atoms. The van der Waals surface area contributed by atoms with E-state index in [0.29, 0.717) is 24.2 Å². The molecule has 1 aromatic rings. The topological polar surface area (TPSA) is 79.7 Å². The molecule has 0 unspecified atom stereocenters. The van der Waals surface area contributed by atoms with E-state index in [1.807, 2.05) is 0 Å². The first-order chi connectivity index (χ1) is 12.5. The van der Waals surface area contributed by atoms with Crippen LogP contribution in [0.15, 0.2) is 23.3 Å². The molecule has 1 N–H and O–H groups in total. The summed E-state index contributed by atoms with van der Waals surface area (Å²) in [7, 11) is 0. The van der Waals surface area contributed by atoms with Gasteiger partial charge in [-0.15, -0.1) is 0 Å². The maximum absolute atomic E-state index is 12.2. The van der Waals surface area contributed by atoms with Crippen molar-refractivity contribution in [3.8, 4) is 0 Å². The number of ether oxygens (including phenoxy) is 1. The monoisotopic (exact) mass is 350 g/mol. The molecular formula is C20H18N2O4. The number of esters is 2. The number of hydrogen-bond donors (Lipinski definition) is 1. The molecule has 0 fully saturated rings. The zero-order valence-electron chi connectivity index (χ0n) is 14.4. The zero-order chi connectivity index (χ0) is 18.1. The van der Waals surface area contributed by atoms with E-state index in [1.54, 1.807) is 13.0 Å². The molecule has 1 aromatic heterocycles. The van der Waals surface area contributed by atoms with Crippen molar-refractivity contribution in [3.05, 3.63) is 45.1 Å². The molecule has 5 rings (SSSR count). The number of nitrogens with zero attached hydrogens (tertiary/aromatic N) is 2. The van der Waals surface area contributed by atoms with Crippen LogP contribution in [-0.2, 0) is 20.9 Å². The molecular weight excluding hydrogens is 332 g/mol. The van der Waals surface area contributed by atoms with Gasteiger partial charge in [-0.05, 0) is 42.2 Å². The van der Waals surface area contributed by atoms with Crippen molar-refractivity contribution < 1.29 is 19.4 Å². The molecule has 1 aliphatic carbocycles. The van der Waals surface area contributed by atoms with Crippen LogP contribution in [0.1, 0.15) is 37.4 Å². The van der Waals surface area contributed by atoms with Crippen molar-refractivity contribution in [2.75, 3.05) is 6.54 Å². The summed E-state index contributed by atoms with van der Waals surface area (Å²) < 4.78 is 4.80. The minimum absolute atomic E-state index is 0.148. The summed E-state index contributed by atoms with van der Waals surface area (Å²) in [5, 5.41) is 13.0. The third-order valence-corrected chi connectivity index (χ3v) is 5.66. The van der Waals surface area contributed by atoms with Crippen molar-refractivity contribution in [1.29, 1.82) is 0 Å². The van der Waals surface area contributed by atoms with Crippen LogP contribution >= 0.6 is 0 Å². The third kappa shape index (κ3) is 1.93. The van der Waals surface area contributed by atoms with Crippen LogP contribution < -0.4 is 10.6 Å². The largest absolute Gasteiger partial charge is 0.387 e. The van der Waals surface area contributed by atoms with Crippen molar-refractivity contribution in [3.63, 3.8) is 0 Å². The van der Waals surface area contributed by atoms with Gasteiger partial charge in [-0.25, -0.2) is 14.6 Å². The Morgan fingerprint density at radius 2 is 2.08 bits per heavy atom. The normalized spacial score (nSPS) is 26.1. The smallest absolute Gasteiger partial charge is 0.350 e. The zero-order valence-corrected chi connectivity index (χ0v) is 14.4. The Kier molecular flexibility index (Phi) is 3.07. The van der Waals surface area contributed by atoms with Gasteiger partial charge in [0.2, 0.25) is 0 Å². The average Bonchev–Trinajstić information content (AvgIpc) is 2.99.